The average Bonchev–Trinajstić information content (AvgIpc) is 2.98. The molecule has 1 unspecified atom stereocenters. The van der Waals surface area contributed by atoms with Gasteiger partial charge in [0, 0.05) is 44.9 Å². The number of piperazine rings is 1. The largest absolute Gasteiger partial charge is 0.416 e. The highest BCUT2D eigenvalue weighted by molar-refractivity contribution is 7.89. The minimum atomic E-state index is -4.54. The van der Waals surface area contributed by atoms with Gasteiger partial charge in [-0.2, -0.15) is 17.5 Å². The molecule has 226 valence electrons. The lowest BCUT2D eigenvalue weighted by molar-refractivity contribution is -0.137. The van der Waals surface area contributed by atoms with Crippen LogP contribution in [0.25, 0.3) is 6.08 Å². The molecule has 0 radical (unpaired) electrons. The number of sulfonamides is 1. The Morgan fingerprint density at radius 2 is 1.65 bits per heavy atom. The fourth-order valence-electron chi connectivity index (χ4n) is 4.51. The third-order valence-corrected chi connectivity index (χ3v) is 8.59. The van der Waals surface area contributed by atoms with E-state index in [2.05, 4.69) is 10.6 Å². The van der Waals surface area contributed by atoms with Gasteiger partial charge in [-0.05, 0) is 53.6 Å². The fourth-order valence-corrected chi connectivity index (χ4v) is 6.08. The molecule has 0 saturated carbocycles. The molecular formula is C30H29F3N4O5S. The predicted octanol–water partition coefficient (Wildman–Crippen LogP) is 3.90. The number of hydrogen-bond acceptors (Lipinski definition) is 5. The Morgan fingerprint density at radius 3 is 2.30 bits per heavy atom. The van der Waals surface area contributed by atoms with Gasteiger partial charge in [-0.1, -0.05) is 42.5 Å². The average molecular weight is 615 g/mol. The summed E-state index contributed by atoms with van der Waals surface area (Å²) in [6.07, 6.45) is -2.21. The number of amides is 3. The first-order chi connectivity index (χ1) is 20.3. The van der Waals surface area contributed by atoms with Crippen molar-refractivity contribution in [1.82, 2.24) is 14.5 Å². The highest BCUT2D eigenvalue weighted by Crippen LogP contribution is 2.30. The molecule has 3 amide bonds. The van der Waals surface area contributed by atoms with E-state index < -0.39 is 39.6 Å². The zero-order valence-corrected chi connectivity index (χ0v) is 23.9. The third-order valence-electron chi connectivity index (χ3n) is 6.67. The van der Waals surface area contributed by atoms with E-state index in [0.717, 1.165) is 28.1 Å². The van der Waals surface area contributed by atoms with Gasteiger partial charge < -0.3 is 15.5 Å². The highest BCUT2D eigenvalue weighted by Gasteiger charge is 2.41. The van der Waals surface area contributed by atoms with Gasteiger partial charge in [0.25, 0.3) is 0 Å². The molecule has 1 heterocycles. The van der Waals surface area contributed by atoms with E-state index in [-0.39, 0.29) is 42.5 Å². The van der Waals surface area contributed by atoms with Crippen molar-refractivity contribution in [1.29, 1.82) is 0 Å². The third kappa shape index (κ3) is 8.08. The van der Waals surface area contributed by atoms with E-state index in [4.69, 9.17) is 0 Å². The molecule has 1 saturated heterocycles. The Morgan fingerprint density at radius 1 is 0.953 bits per heavy atom. The summed E-state index contributed by atoms with van der Waals surface area (Å²) in [5.41, 5.74) is 0.476. The SMILES string of the molecule is CC(=O)Nc1ccc(S(=O)(=O)N2CCN(C(=O)/C=C/c3cccc(C(F)(F)F)c3)CC2C(=O)NCc2ccccc2)cc1. The van der Waals surface area contributed by atoms with Gasteiger partial charge in [0.15, 0.2) is 0 Å². The van der Waals surface area contributed by atoms with Crippen molar-refractivity contribution >= 4 is 39.5 Å². The Bertz CT molecular complexity index is 1610. The molecule has 1 fully saturated rings. The number of anilines is 1. The number of nitrogens with one attached hydrogen (secondary N) is 2. The van der Waals surface area contributed by atoms with Crippen LogP contribution < -0.4 is 10.6 Å². The first kappa shape index (κ1) is 31.4. The molecule has 3 aromatic rings. The predicted molar refractivity (Wildman–Crippen MR) is 154 cm³/mol. The second-order valence-corrected chi connectivity index (χ2v) is 11.7. The fraction of sp³-hybridized carbons (Fsp3) is 0.233. The maximum absolute atomic E-state index is 13.7. The molecule has 4 rings (SSSR count). The van der Waals surface area contributed by atoms with Gasteiger partial charge in [0.05, 0.1) is 10.5 Å². The summed E-state index contributed by atoms with van der Waals surface area (Å²) >= 11 is 0. The zero-order chi connectivity index (χ0) is 31.2. The van der Waals surface area contributed by atoms with Gasteiger partial charge in [0.1, 0.15) is 6.04 Å². The van der Waals surface area contributed by atoms with Crippen molar-refractivity contribution in [2.45, 2.75) is 30.6 Å². The second kappa shape index (κ2) is 13.2. The van der Waals surface area contributed by atoms with Crippen molar-refractivity contribution < 1.29 is 36.0 Å². The van der Waals surface area contributed by atoms with E-state index in [0.29, 0.717) is 5.69 Å². The van der Waals surface area contributed by atoms with Crippen LogP contribution in [0.2, 0.25) is 0 Å². The number of nitrogens with zero attached hydrogens (tertiary/aromatic N) is 2. The first-order valence-electron chi connectivity index (χ1n) is 13.2. The van der Waals surface area contributed by atoms with Crippen LogP contribution in [0.3, 0.4) is 0 Å². The molecule has 0 bridgehead atoms. The number of carbonyl (C=O) groups excluding carboxylic acids is 3. The molecule has 3 aromatic carbocycles. The van der Waals surface area contributed by atoms with E-state index in [1.54, 1.807) is 24.3 Å². The second-order valence-electron chi connectivity index (χ2n) is 9.78. The zero-order valence-electron chi connectivity index (χ0n) is 23.0. The lowest BCUT2D eigenvalue weighted by atomic mass is 10.1. The molecule has 1 aliphatic heterocycles. The number of benzene rings is 3. The Balaban J connectivity index is 1.55. The molecule has 1 aliphatic rings. The van der Waals surface area contributed by atoms with E-state index in [9.17, 15) is 36.0 Å². The standard InChI is InChI=1S/C30H29F3N4O5S/c1-21(38)35-25-11-13-26(14-12-25)43(41,42)37-17-16-36(20-27(37)29(40)34-19-23-6-3-2-4-7-23)28(39)15-10-22-8-5-9-24(18-22)30(31,32)33/h2-15,18,27H,16-17,19-20H2,1H3,(H,34,40)(H,35,38)/b15-10+. The van der Waals surface area contributed by atoms with Crippen LogP contribution in [-0.4, -0.2) is 61.0 Å². The van der Waals surface area contributed by atoms with E-state index in [1.165, 1.54) is 54.3 Å². The van der Waals surface area contributed by atoms with E-state index in [1.807, 2.05) is 6.07 Å². The molecule has 0 aliphatic carbocycles. The molecule has 1 atom stereocenters. The van der Waals surface area contributed by atoms with Crippen LogP contribution in [0.15, 0.2) is 89.8 Å². The van der Waals surface area contributed by atoms with Gasteiger partial charge >= 0.3 is 6.18 Å². The Hall–Kier alpha value is -4.49. The van der Waals surface area contributed by atoms with Crippen molar-refractivity contribution in [3.63, 3.8) is 0 Å². The van der Waals surface area contributed by atoms with Gasteiger partial charge in [-0.15, -0.1) is 0 Å². The molecular weight excluding hydrogens is 585 g/mol. The summed E-state index contributed by atoms with van der Waals surface area (Å²) < 4.78 is 67.5. The van der Waals surface area contributed by atoms with Crippen LogP contribution in [-0.2, 0) is 37.1 Å². The molecule has 13 heteroatoms. The molecule has 2 N–H and O–H groups in total. The Labute approximate surface area is 247 Å². The topological polar surface area (TPSA) is 116 Å². The monoisotopic (exact) mass is 614 g/mol. The summed E-state index contributed by atoms with van der Waals surface area (Å²) in [5.74, 6) is -1.54. The van der Waals surface area contributed by atoms with Crippen molar-refractivity contribution in [2.75, 3.05) is 25.0 Å². The van der Waals surface area contributed by atoms with Gasteiger partial charge in [-0.25, -0.2) is 8.42 Å². The van der Waals surface area contributed by atoms with Gasteiger partial charge in [0.2, 0.25) is 27.7 Å². The summed E-state index contributed by atoms with van der Waals surface area (Å²) in [6.45, 7) is 0.896. The van der Waals surface area contributed by atoms with Crippen LogP contribution in [0.4, 0.5) is 18.9 Å². The minimum Gasteiger partial charge on any atom is -0.351 e. The maximum Gasteiger partial charge on any atom is 0.416 e. The smallest absolute Gasteiger partial charge is 0.351 e. The quantitative estimate of drug-likeness (QED) is 0.374. The van der Waals surface area contributed by atoms with Crippen LogP contribution >= 0.6 is 0 Å². The maximum atomic E-state index is 13.7. The molecule has 0 spiro atoms. The molecule has 9 nitrogen and oxygen atoms in total. The summed E-state index contributed by atoms with van der Waals surface area (Å²) in [7, 11) is -4.21. The summed E-state index contributed by atoms with van der Waals surface area (Å²) in [5, 5.41) is 5.29. The number of hydrogen-bond donors (Lipinski definition) is 2. The van der Waals surface area contributed by atoms with Crippen molar-refractivity contribution in [3.8, 4) is 0 Å². The van der Waals surface area contributed by atoms with Gasteiger partial charge in [-0.3, -0.25) is 14.4 Å². The van der Waals surface area contributed by atoms with Crippen molar-refractivity contribution in [2.24, 2.45) is 0 Å². The number of halogens is 3. The number of alkyl halides is 3. The first-order valence-corrected chi connectivity index (χ1v) is 14.6. The number of rotatable bonds is 8. The number of carbonyl (C=O) groups is 3. The van der Waals surface area contributed by atoms with Crippen LogP contribution in [0.1, 0.15) is 23.6 Å². The van der Waals surface area contributed by atoms with Crippen LogP contribution in [0, 0.1) is 0 Å². The summed E-state index contributed by atoms with van der Waals surface area (Å²) in [4.78, 5) is 38.9. The van der Waals surface area contributed by atoms with Crippen molar-refractivity contribution in [3.05, 3.63) is 102 Å². The lowest BCUT2D eigenvalue weighted by Crippen LogP contribution is -2.61. The minimum absolute atomic E-state index is 0.0581. The normalized spacial score (nSPS) is 16.2. The lowest BCUT2D eigenvalue weighted by Gasteiger charge is -2.39. The molecule has 43 heavy (non-hydrogen) atoms. The van der Waals surface area contributed by atoms with Crippen LogP contribution in [0.5, 0.6) is 0 Å². The Kier molecular flexibility index (Phi) is 9.66. The summed E-state index contributed by atoms with van der Waals surface area (Å²) in [6, 6.07) is 17.7. The van der Waals surface area contributed by atoms with E-state index >= 15 is 0 Å². The molecule has 0 aromatic heterocycles. The highest BCUT2D eigenvalue weighted by atomic mass is 32.2.